The zero-order chi connectivity index (χ0) is 16.5. The molecular formula is C19H21N5. The molecule has 0 unspecified atom stereocenters. The van der Waals surface area contributed by atoms with Gasteiger partial charge in [0.15, 0.2) is 5.96 Å². The van der Waals surface area contributed by atoms with Gasteiger partial charge in [-0.2, -0.15) is 0 Å². The van der Waals surface area contributed by atoms with Crippen LogP contribution in [-0.2, 0) is 19.4 Å². The lowest BCUT2D eigenvalue weighted by atomic mass is 10.1. The lowest BCUT2D eigenvalue weighted by molar-refractivity contribution is 0.912. The minimum Gasteiger partial charge on any atom is -0.370 e. The number of hydrogen-bond acceptors (Lipinski definition) is 2. The van der Waals surface area contributed by atoms with Gasteiger partial charge in [0.2, 0.25) is 0 Å². The maximum absolute atomic E-state index is 6.02. The normalized spacial score (nSPS) is 14.1. The molecule has 1 aromatic heterocycles. The van der Waals surface area contributed by atoms with Crippen LogP contribution in [0, 0.1) is 6.92 Å². The number of para-hydroxylation sites is 1. The number of aromatic amines is 1. The lowest BCUT2D eigenvalue weighted by Gasteiger charge is -2.07. The first-order chi connectivity index (χ1) is 11.7. The summed E-state index contributed by atoms with van der Waals surface area (Å²) >= 11 is 0. The minimum absolute atomic E-state index is 0.408. The number of aliphatic imine (C=N–C) groups is 1. The molecule has 0 fully saturated rings. The minimum atomic E-state index is 0.408. The van der Waals surface area contributed by atoms with E-state index in [0.717, 1.165) is 34.5 Å². The number of rotatable bonds is 3. The van der Waals surface area contributed by atoms with E-state index >= 15 is 0 Å². The van der Waals surface area contributed by atoms with E-state index < -0.39 is 0 Å². The molecule has 5 nitrogen and oxygen atoms in total. The Labute approximate surface area is 141 Å². The molecule has 1 aliphatic rings. The quantitative estimate of drug-likeness (QED) is 0.512. The number of anilines is 1. The van der Waals surface area contributed by atoms with E-state index in [1.165, 1.54) is 24.0 Å². The molecule has 0 spiro atoms. The molecule has 4 rings (SSSR count). The van der Waals surface area contributed by atoms with Gasteiger partial charge >= 0.3 is 0 Å². The van der Waals surface area contributed by atoms with Crippen LogP contribution in [0.25, 0.3) is 11.0 Å². The molecule has 0 amide bonds. The van der Waals surface area contributed by atoms with Crippen LogP contribution in [0.4, 0.5) is 5.69 Å². The van der Waals surface area contributed by atoms with E-state index in [1.807, 2.05) is 12.1 Å². The van der Waals surface area contributed by atoms with Gasteiger partial charge in [0.05, 0.1) is 11.0 Å². The van der Waals surface area contributed by atoms with Crippen molar-refractivity contribution < 1.29 is 0 Å². The Morgan fingerprint density at radius 1 is 1.25 bits per heavy atom. The second-order valence-corrected chi connectivity index (χ2v) is 6.32. The third-order valence-corrected chi connectivity index (χ3v) is 4.53. The summed E-state index contributed by atoms with van der Waals surface area (Å²) in [6.45, 7) is 2.48. The van der Waals surface area contributed by atoms with E-state index in [1.54, 1.807) is 0 Å². The summed E-state index contributed by atoms with van der Waals surface area (Å²) < 4.78 is 0. The maximum Gasteiger partial charge on any atom is 0.193 e. The molecule has 3 aromatic rings. The Bertz CT molecular complexity index is 923. The van der Waals surface area contributed by atoms with E-state index in [2.05, 4.69) is 51.5 Å². The molecule has 2 aromatic carbocycles. The smallest absolute Gasteiger partial charge is 0.193 e. The van der Waals surface area contributed by atoms with Gasteiger partial charge in [0.1, 0.15) is 12.4 Å². The fourth-order valence-corrected chi connectivity index (χ4v) is 3.30. The Balaban J connectivity index is 1.47. The highest BCUT2D eigenvalue weighted by atomic mass is 15.1. The number of imidazole rings is 1. The summed E-state index contributed by atoms with van der Waals surface area (Å²) in [5, 5.41) is 3.17. The van der Waals surface area contributed by atoms with Crippen molar-refractivity contribution in [2.45, 2.75) is 32.7 Å². The van der Waals surface area contributed by atoms with Crippen LogP contribution >= 0.6 is 0 Å². The number of hydrogen-bond donors (Lipinski definition) is 3. The van der Waals surface area contributed by atoms with Crippen LogP contribution in [0.1, 0.15) is 28.9 Å². The average molecular weight is 319 g/mol. The molecule has 0 aliphatic heterocycles. The molecular weight excluding hydrogens is 298 g/mol. The van der Waals surface area contributed by atoms with Crippen molar-refractivity contribution in [3.63, 3.8) is 0 Å². The summed E-state index contributed by atoms with van der Waals surface area (Å²) in [6.07, 6.45) is 3.58. The Hall–Kier alpha value is -2.82. The fourth-order valence-electron chi connectivity index (χ4n) is 3.30. The number of aryl methyl sites for hydroxylation is 3. The topological polar surface area (TPSA) is 79.1 Å². The van der Waals surface area contributed by atoms with E-state index in [9.17, 15) is 0 Å². The van der Waals surface area contributed by atoms with Crippen molar-refractivity contribution in [3.05, 3.63) is 58.9 Å². The average Bonchev–Trinajstić information content (AvgIpc) is 3.19. The van der Waals surface area contributed by atoms with Crippen LogP contribution in [0.15, 0.2) is 41.4 Å². The monoisotopic (exact) mass is 319 g/mol. The fraction of sp³-hybridized carbons (Fsp3) is 0.263. The van der Waals surface area contributed by atoms with Crippen LogP contribution in [0.3, 0.4) is 0 Å². The van der Waals surface area contributed by atoms with Crippen molar-refractivity contribution in [2.24, 2.45) is 10.7 Å². The zero-order valence-corrected chi connectivity index (χ0v) is 13.8. The summed E-state index contributed by atoms with van der Waals surface area (Å²) in [4.78, 5) is 12.3. The molecule has 0 radical (unpaired) electrons. The van der Waals surface area contributed by atoms with Crippen LogP contribution in [-0.4, -0.2) is 15.9 Å². The Morgan fingerprint density at radius 2 is 2.12 bits per heavy atom. The van der Waals surface area contributed by atoms with Crippen molar-refractivity contribution in [1.29, 1.82) is 0 Å². The van der Waals surface area contributed by atoms with Crippen LogP contribution in [0.2, 0.25) is 0 Å². The van der Waals surface area contributed by atoms with Gasteiger partial charge in [-0.1, -0.05) is 18.2 Å². The molecule has 5 heteroatoms. The predicted molar refractivity (Wildman–Crippen MR) is 98.2 cm³/mol. The molecule has 0 saturated carbocycles. The first-order valence-electron chi connectivity index (χ1n) is 8.32. The zero-order valence-electron chi connectivity index (χ0n) is 13.8. The Kier molecular flexibility index (Phi) is 3.69. The lowest BCUT2D eigenvalue weighted by Crippen LogP contribution is -2.22. The molecule has 0 saturated heterocycles. The standard InChI is InChI=1S/C19H21N5/c1-12-4-2-7-16-18(12)24-17(23-16)11-21-19(20)22-15-9-8-13-5-3-6-14(13)10-15/h2,4,7-10H,3,5-6,11H2,1H3,(H,23,24)(H3,20,21,22). The van der Waals surface area contributed by atoms with Gasteiger partial charge in [0.25, 0.3) is 0 Å². The molecule has 0 bridgehead atoms. The number of aromatic nitrogens is 2. The predicted octanol–water partition coefficient (Wildman–Crippen LogP) is 3.29. The third kappa shape index (κ3) is 2.85. The highest BCUT2D eigenvalue weighted by molar-refractivity contribution is 5.92. The summed E-state index contributed by atoms with van der Waals surface area (Å²) in [5.41, 5.74) is 13.1. The van der Waals surface area contributed by atoms with Crippen molar-refractivity contribution in [3.8, 4) is 0 Å². The SMILES string of the molecule is Cc1cccc2[nH]c(CN=C(N)Nc3ccc4c(c3)CCC4)nc12. The van der Waals surface area contributed by atoms with Crippen molar-refractivity contribution in [1.82, 2.24) is 9.97 Å². The van der Waals surface area contributed by atoms with Gasteiger partial charge < -0.3 is 16.0 Å². The van der Waals surface area contributed by atoms with Crippen LogP contribution < -0.4 is 11.1 Å². The summed E-state index contributed by atoms with van der Waals surface area (Å²) in [5.74, 6) is 1.23. The molecule has 122 valence electrons. The third-order valence-electron chi connectivity index (χ3n) is 4.53. The number of nitrogens with zero attached hydrogens (tertiary/aromatic N) is 2. The molecule has 24 heavy (non-hydrogen) atoms. The largest absolute Gasteiger partial charge is 0.370 e. The summed E-state index contributed by atoms with van der Waals surface area (Å²) in [6, 6.07) is 12.5. The van der Waals surface area contributed by atoms with E-state index in [-0.39, 0.29) is 0 Å². The van der Waals surface area contributed by atoms with Crippen molar-refractivity contribution in [2.75, 3.05) is 5.32 Å². The van der Waals surface area contributed by atoms with Crippen molar-refractivity contribution >= 4 is 22.7 Å². The van der Waals surface area contributed by atoms with Gasteiger partial charge in [-0.25, -0.2) is 9.98 Å². The van der Waals surface area contributed by atoms with Gasteiger partial charge in [0, 0.05) is 5.69 Å². The number of nitrogens with one attached hydrogen (secondary N) is 2. The molecule has 0 atom stereocenters. The molecule has 4 N–H and O–H groups in total. The molecule has 1 heterocycles. The second-order valence-electron chi connectivity index (χ2n) is 6.32. The van der Waals surface area contributed by atoms with Gasteiger partial charge in [-0.05, 0) is 61.1 Å². The number of benzene rings is 2. The maximum atomic E-state index is 6.02. The first-order valence-corrected chi connectivity index (χ1v) is 8.32. The number of H-pyrrole nitrogens is 1. The van der Waals surface area contributed by atoms with Crippen LogP contribution in [0.5, 0.6) is 0 Å². The van der Waals surface area contributed by atoms with Gasteiger partial charge in [-0.3, -0.25) is 0 Å². The van der Waals surface area contributed by atoms with E-state index in [4.69, 9.17) is 5.73 Å². The van der Waals surface area contributed by atoms with Gasteiger partial charge in [-0.15, -0.1) is 0 Å². The number of guanidine groups is 1. The first kappa shape index (κ1) is 14.8. The highest BCUT2D eigenvalue weighted by Gasteiger charge is 2.11. The summed E-state index contributed by atoms with van der Waals surface area (Å²) in [7, 11) is 0. The Morgan fingerprint density at radius 3 is 3.00 bits per heavy atom. The molecule has 1 aliphatic carbocycles. The van der Waals surface area contributed by atoms with E-state index in [0.29, 0.717) is 12.5 Å². The highest BCUT2D eigenvalue weighted by Crippen LogP contribution is 2.24. The number of nitrogens with two attached hydrogens (primary N) is 1. The second kappa shape index (κ2) is 6.00. The number of fused-ring (bicyclic) bond motifs is 2.